The molecule has 8 aromatic rings. The Morgan fingerprint density at radius 1 is 0.270 bits per heavy atom. The number of benzene rings is 8. The van der Waals surface area contributed by atoms with Crippen molar-refractivity contribution < 1.29 is 151 Å². The van der Waals surface area contributed by atoms with Crippen LogP contribution in [-0.4, -0.2) is 0 Å². The van der Waals surface area contributed by atoms with Crippen LogP contribution in [0.15, 0.2) is 218 Å². The maximum Gasteiger partial charge on any atom is 0.0463 e. The van der Waals surface area contributed by atoms with E-state index >= 15 is 0 Å². The summed E-state index contributed by atoms with van der Waals surface area (Å²) >= 11 is 0. The van der Waals surface area contributed by atoms with Crippen LogP contribution in [0.1, 0.15) is 48.0 Å². The van der Waals surface area contributed by atoms with Crippen LogP contribution in [-0.2, 0) is 0 Å². The van der Waals surface area contributed by atoms with E-state index in [1.807, 2.05) is 100 Å². The molecule has 0 heterocycles. The zero-order valence-corrected chi connectivity index (χ0v) is 39.8. The number of nitrogen functional groups attached to an aromatic ring is 2. The van der Waals surface area contributed by atoms with Crippen LogP contribution in [0.25, 0.3) is 22.3 Å². The van der Waals surface area contributed by atoms with Crippen LogP contribution in [0.3, 0.4) is 0 Å². The van der Waals surface area contributed by atoms with Gasteiger partial charge in [-0.25, -0.2) is 0 Å². The summed E-state index contributed by atoms with van der Waals surface area (Å²) in [4.78, 5) is 4.46. The van der Waals surface area contributed by atoms with Gasteiger partial charge in [-0.2, -0.15) is 0 Å². The SMILES string of the molecule is CC.CC.CCC.Nc1ccc(N(c2ccccc2)c2ccc(-c3ccccc3)cc2)cc1.Nc1ccc(N(c2ccccc2)c2ccc(-c3ccccc3)cc2)cc1.[Ar].[Ar].[Ar].[Ar]. The number of nitrogens with zero attached hydrogens (tertiary/aromatic N) is 2. The Bertz CT molecular complexity index is 2130. The van der Waals surface area contributed by atoms with Crippen LogP contribution in [0.2, 0.25) is 0 Å². The van der Waals surface area contributed by atoms with Crippen molar-refractivity contribution in [3.8, 4) is 22.3 Å². The molecule has 332 valence electrons. The smallest absolute Gasteiger partial charge is 0.0463 e. The summed E-state index contributed by atoms with van der Waals surface area (Å²) < 4.78 is 0. The molecule has 0 saturated carbocycles. The standard InChI is InChI=1S/2C24H20N2.C3H8.2C2H6.4Ar/c2*25-21-13-17-24(18-14-21)26(22-9-5-2-6-10-22)23-15-11-20(12-16-23)19-7-3-1-4-8-19;1-3-2;2*1-2;;;;/h2*1-18H,25H2;3H2,1-2H3;2*1-2H3;;;;. The molecule has 0 fully saturated rings. The quantitative estimate of drug-likeness (QED) is 0.149. The van der Waals surface area contributed by atoms with Gasteiger partial charge in [0.05, 0.1) is 0 Å². The largest absolute Gasteiger partial charge is 0.399 e. The minimum atomic E-state index is 0. The molecular formula is C55H60Ar4N4. The van der Waals surface area contributed by atoms with Crippen molar-refractivity contribution in [2.75, 3.05) is 21.3 Å². The molecule has 0 aromatic heterocycles. The van der Waals surface area contributed by atoms with Crippen molar-refractivity contribution in [2.45, 2.75) is 48.0 Å². The fraction of sp³-hybridized carbons (Fsp3) is 0.127. The van der Waals surface area contributed by atoms with Crippen molar-refractivity contribution in [3.05, 3.63) is 218 Å². The van der Waals surface area contributed by atoms with E-state index in [1.165, 1.54) is 28.7 Å². The van der Waals surface area contributed by atoms with Crippen molar-refractivity contribution in [1.82, 2.24) is 0 Å². The van der Waals surface area contributed by atoms with Gasteiger partial charge in [0.25, 0.3) is 0 Å². The molecule has 0 atom stereocenters. The molecule has 0 bridgehead atoms. The van der Waals surface area contributed by atoms with Gasteiger partial charge < -0.3 is 21.3 Å². The number of hydrogen-bond acceptors (Lipinski definition) is 4. The van der Waals surface area contributed by atoms with Crippen LogP contribution < -0.4 is 21.3 Å². The Morgan fingerprint density at radius 2 is 0.444 bits per heavy atom. The van der Waals surface area contributed by atoms with Gasteiger partial charge in [-0.1, -0.05) is 169 Å². The molecule has 4 nitrogen and oxygen atoms in total. The fourth-order valence-electron chi connectivity index (χ4n) is 6.16. The Kier molecular flexibility index (Phi) is 34.1. The molecule has 0 aliphatic heterocycles. The van der Waals surface area contributed by atoms with E-state index in [9.17, 15) is 0 Å². The third kappa shape index (κ3) is 19.4. The molecule has 0 amide bonds. The molecule has 0 spiro atoms. The first-order valence-electron chi connectivity index (χ1n) is 20.8. The van der Waals surface area contributed by atoms with Crippen LogP contribution in [0, 0.1) is 151 Å². The summed E-state index contributed by atoms with van der Waals surface area (Å²) in [6.07, 6.45) is 1.25. The third-order valence-electron chi connectivity index (χ3n) is 8.80. The molecule has 0 aliphatic rings. The monoisotopic (exact) mass is 936 g/mol. The Labute approximate surface area is 498 Å². The average Bonchev–Trinajstić information content (AvgIpc) is 3.31. The molecule has 0 unspecified atom stereocenters. The molecule has 0 aliphatic carbocycles. The van der Waals surface area contributed by atoms with E-state index < -0.39 is 0 Å². The van der Waals surface area contributed by atoms with Crippen LogP contribution >= 0.6 is 0 Å². The normalized spacial score (nSPS) is 9.11. The topological polar surface area (TPSA) is 58.5 Å². The van der Waals surface area contributed by atoms with Gasteiger partial charge in [-0.3, -0.25) is 0 Å². The van der Waals surface area contributed by atoms with Crippen molar-refractivity contribution >= 4 is 45.5 Å². The molecule has 0 saturated heterocycles. The van der Waals surface area contributed by atoms with E-state index in [2.05, 4.69) is 169 Å². The predicted octanol–water partition coefficient (Wildman–Crippen LogP) is 16.3. The molecule has 8 aromatic carbocycles. The van der Waals surface area contributed by atoms with Gasteiger partial charge in [-0.05, 0) is 119 Å². The fourth-order valence-corrected chi connectivity index (χ4v) is 6.16. The summed E-state index contributed by atoms with van der Waals surface area (Å²) in [7, 11) is 0. The van der Waals surface area contributed by atoms with Gasteiger partial charge in [0, 0.05) is 196 Å². The average molecular weight is 937 g/mol. The van der Waals surface area contributed by atoms with E-state index in [4.69, 9.17) is 11.5 Å². The first-order valence-corrected chi connectivity index (χ1v) is 20.8. The summed E-state index contributed by atoms with van der Waals surface area (Å²) in [5, 5.41) is 0. The summed E-state index contributed by atoms with van der Waals surface area (Å²) in [5.74, 6) is 0. The number of hydrogen-bond donors (Lipinski definition) is 2. The zero-order valence-electron chi connectivity index (χ0n) is 37.0. The van der Waals surface area contributed by atoms with Gasteiger partial charge in [0.2, 0.25) is 0 Å². The van der Waals surface area contributed by atoms with Gasteiger partial charge in [-0.15, -0.1) is 0 Å². The van der Waals surface area contributed by atoms with E-state index in [0.717, 1.165) is 45.5 Å². The first-order chi connectivity index (χ1) is 29.0. The number of nitrogens with two attached hydrogens (primary N) is 2. The van der Waals surface area contributed by atoms with Gasteiger partial charge in [0.1, 0.15) is 0 Å². The Morgan fingerprint density at radius 3 is 0.683 bits per heavy atom. The third-order valence-corrected chi connectivity index (χ3v) is 8.80. The summed E-state index contributed by atoms with van der Waals surface area (Å²) in [6.45, 7) is 12.2. The molecule has 8 heteroatoms. The van der Waals surface area contributed by atoms with Gasteiger partial charge >= 0.3 is 0 Å². The maximum absolute atomic E-state index is 5.87. The molecular weight excluding hydrogens is 876 g/mol. The Balaban J connectivity index is 0.00000101. The second-order valence-corrected chi connectivity index (χ2v) is 13.1. The molecule has 0 radical (unpaired) electrons. The summed E-state index contributed by atoms with van der Waals surface area (Å²) in [6, 6.07) is 74.8. The van der Waals surface area contributed by atoms with Gasteiger partial charge in [0.15, 0.2) is 0 Å². The number of anilines is 8. The number of para-hydroxylation sites is 2. The minimum absolute atomic E-state index is 0. The Hall–Kier alpha value is -2.00. The van der Waals surface area contributed by atoms with E-state index in [-0.39, 0.29) is 151 Å². The van der Waals surface area contributed by atoms with E-state index in [1.54, 1.807) is 0 Å². The minimum Gasteiger partial charge on any atom is -0.399 e. The molecule has 4 N–H and O–H groups in total. The maximum atomic E-state index is 5.87. The second kappa shape index (κ2) is 35.2. The van der Waals surface area contributed by atoms with Crippen molar-refractivity contribution in [1.29, 1.82) is 0 Å². The zero-order chi connectivity index (χ0) is 42.2. The second-order valence-electron chi connectivity index (χ2n) is 13.1. The number of rotatable bonds is 8. The van der Waals surface area contributed by atoms with Crippen LogP contribution in [0.5, 0.6) is 0 Å². The summed E-state index contributed by atoms with van der Waals surface area (Å²) in [5.41, 5.74) is 24.7. The van der Waals surface area contributed by atoms with E-state index in [0.29, 0.717) is 0 Å². The van der Waals surface area contributed by atoms with Crippen molar-refractivity contribution in [2.24, 2.45) is 0 Å². The van der Waals surface area contributed by atoms with Crippen LogP contribution in [0.4, 0.5) is 45.5 Å². The first kappa shape index (κ1) is 61.0. The van der Waals surface area contributed by atoms with Crippen molar-refractivity contribution in [3.63, 3.8) is 0 Å². The molecule has 8 rings (SSSR count). The molecule has 63 heavy (non-hydrogen) atoms. The predicted molar refractivity (Wildman–Crippen MR) is 261 cm³/mol.